The molecule has 1 aliphatic carbocycles. The summed E-state index contributed by atoms with van der Waals surface area (Å²) in [6, 6.07) is 7.99. The molecular weight excluding hydrogens is 266 g/mol. The van der Waals surface area contributed by atoms with Crippen molar-refractivity contribution in [3.8, 4) is 5.75 Å². The van der Waals surface area contributed by atoms with Crippen LogP contribution in [0.25, 0.3) is 11.0 Å². The van der Waals surface area contributed by atoms with Gasteiger partial charge in [0.1, 0.15) is 5.76 Å². The number of methoxy groups -OCH3 is 1. The van der Waals surface area contributed by atoms with Crippen molar-refractivity contribution in [1.29, 1.82) is 0 Å². The van der Waals surface area contributed by atoms with Crippen molar-refractivity contribution < 1.29 is 14.3 Å². The lowest BCUT2D eigenvalue weighted by molar-refractivity contribution is 0.108. The Kier molecular flexibility index (Phi) is 4.46. The Morgan fingerprint density at radius 1 is 1.29 bits per heavy atom. The molecule has 0 atom stereocenters. The molecule has 0 spiro atoms. The molecule has 1 aliphatic rings. The Morgan fingerprint density at radius 2 is 2.10 bits per heavy atom. The zero-order valence-electron chi connectivity index (χ0n) is 12.5. The van der Waals surface area contributed by atoms with Crippen molar-refractivity contribution in [2.75, 3.05) is 13.7 Å². The summed E-state index contributed by atoms with van der Waals surface area (Å²) < 4.78 is 11.2. The highest BCUT2D eigenvalue weighted by atomic mass is 16.5. The number of aliphatic hydroxyl groups is 1. The maximum absolute atomic E-state index is 9.51. The van der Waals surface area contributed by atoms with Crippen LogP contribution in [-0.2, 0) is 6.54 Å². The van der Waals surface area contributed by atoms with Crippen molar-refractivity contribution in [1.82, 2.24) is 5.32 Å². The molecule has 0 radical (unpaired) electrons. The zero-order chi connectivity index (χ0) is 14.7. The number of hydrogen-bond acceptors (Lipinski definition) is 4. The van der Waals surface area contributed by atoms with Crippen LogP contribution < -0.4 is 10.1 Å². The first-order valence-electron chi connectivity index (χ1n) is 7.70. The normalized spacial score (nSPS) is 22.6. The van der Waals surface area contributed by atoms with Crippen LogP contribution in [0.15, 0.2) is 28.7 Å². The second-order valence-corrected chi connectivity index (χ2v) is 5.90. The third kappa shape index (κ3) is 3.39. The van der Waals surface area contributed by atoms with E-state index in [9.17, 15) is 5.11 Å². The Morgan fingerprint density at radius 3 is 2.86 bits per heavy atom. The number of benzene rings is 1. The molecular formula is C17H23NO3. The largest absolute Gasteiger partial charge is 0.493 e. The summed E-state index contributed by atoms with van der Waals surface area (Å²) in [5.74, 6) is 2.39. The van der Waals surface area contributed by atoms with Gasteiger partial charge >= 0.3 is 0 Å². The Balaban J connectivity index is 1.56. The van der Waals surface area contributed by atoms with Crippen LogP contribution in [-0.4, -0.2) is 24.9 Å². The molecule has 1 saturated carbocycles. The Bertz CT molecular complexity index is 585. The second-order valence-electron chi connectivity index (χ2n) is 5.90. The summed E-state index contributed by atoms with van der Waals surface area (Å²) >= 11 is 0. The van der Waals surface area contributed by atoms with Gasteiger partial charge in [-0.05, 0) is 50.3 Å². The van der Waals surface area contributed by atoms with Gasteiger partial charge in [0, 0.05) is 5.39 Å². The lowest BCUT2D eigenvalue weighted by atomic mass is 9.87. The Labute approximate surface area is 125 Å². The minimum atomic E-state index is -0.0795. The summed E-state index contributed by atoms with van der Waals surface area (Å²) in [6.07, 6.45) is 4.02. The van der Waals surface area contributed by atoms with E-state index >= 15 is 0 Å². The molecule has 4 nitrogen and oxygen atoms in total. The number of rotatable bonds is 5. The first kappa shape index (κ1) is 14.4. The fourth-order valence-corrected chi connectivity index (χ4v) is 3.09. The molecule has 3 rings (SSSR count). The summed E-state index contributed by atoms with van der Waals surface area (Å²) in [6.45, 7) is 1.72. The Hall–Kier alpha value is -1.52. The van der Waals surface area contributed by atoms with Crippen LogP contribution in [0, 0.1) is 5.92 Å². The molecule has 0 amide bonds. The number of furan rings is 1. The minimum absolute atomic E-state index is 0.0795. The fourth-order valence-electron chi connectivity index (χ4n) is 3.09. The van der Waals surface area contributed by atoms with E-state index in [4.69, 9.17) is 9.15 Å². The van der Waals surface area contributed by atoms with Crippen molar-refractivity contribution in [3.63, 3.8) is 0 Å². The molecule has 0 aliphatic heterocycles. The average Bonchev–Trinajstić information content (AvgIpc) is 2.92. The molecule has 4 heteroatoms. The smallest absolute Gasteiger partial charge is 0.176 e. The summed E-state index contributed by atoms with van der Waals surface area (Å²) in [4.78, 5) is 0. The van der Waals surface area contributed by atoms with Crippen molar-refractivity contribution in [2.45, 2.75) is 38.3 Å². The maximum atomic E-state index is 9.51. The first-order valence-corrected chi connectivity index (χ1v) is 7.70. The van der Waals surface area contributed by atoms with Crippen molar-refractivity contribution in [3.05, 3.63) is 30.0 Å². The maximum Gasteiger partial charge on any atom is 0.176 e. The van der Waals surface area contributed by atoms with Gasteiger partial charge in [0.15, 0.2) is 11.3 Å². The van der Waals surface area contributed by atoms with Gasteiger partial charge in [-0.15, -0.1) is 0 Å². The molecule has 1 fully saturated rings. The van der Waals surface area contributed by atoms with Gasteiger partial charge in [-0.2, -0.15) is 0 Å². The summed E-state index contributed by atoms with van der Waals surface area (Å²) in [5.41, 5.74) is 0.817. The molecule has 2 aromatic rings. The zero-order valence-corrected chi connectivity index (χ0v) is 12.5. The lowest BCUT2D eigenvalue weighted by Crippen LogP contribution is -2.27. The average molecular weight is 289 g/mol. The van der Waals surface area contributed by atoms with E-state index in [0.717, 1.165) is 61.3 Å². The van der Waals surface area contributed by atoms with E-state index in [1.165, 1.54) is 0 Å². The standard InChI is InChI=1S/C17H23NO3/c1-20-16-4-2-3-13-9-15(21-17(13)16)11-18-10-12-5-7-14(19)8-6-12/h2-4,9,12,14,18-19H,5-8,10-11H2,1H3. The molecule has 1 aromatic carbocycles. The third-order valence-electron chi connectivity index (χ3n) is 4.33. The van der Waals surface area contributed by atoms with E-state index in [1.807, 2.05) is 18.2 Å². The first-order chi connectivity index (χ1) is 10.3. The van der Waals surface area contributed by atoms with Crippen molar-refractivity contribution >= 4 is 11.0 Å². The van der Waals surface area contributed by atoms with Crippen LogP contribution in [0.5, 0.6) is 5.75 Å². The van der Waals surface area contributed by atoms with Gasteiger partial charge in [0.25, 0.3) is 0 Å². The number of nitrogens with one attached hydrogen (secondary N) is 1. The van der Waals surface area contributed by atoms with E-state index in [1.54, 1.807) is 7.11 Å². The monoisotopic (exact) mass is 289 g/mol. The number of ether oxygens (including phenoxy) is 1. The van der Waals surface area contributed by atoms with Crippen LogP contribution in [0.4, 0.5) is 0 Å². The van der Waals surface area contributed by atoms with Gasteiger partial charge in [-0.3, -0.25) is 0 Å². The van der Waals surface area contributed by atoms with E-state index in [0.29, 0.717) is 5.92 Å². The van der Waals surface area contributed by atoms with Crippen LogP contribution in [0.3, 0.4) is 0 Å². The third-order valence-corrected chi connectivity index (χ3v) is 4.33. The van der Waals surface area contributed by atoms with Gasteiger partial charge < -0.3 is 19.6 Å². The summed E-state index contributed by atoms with van der Waals surface area (Å²) in [5, 5.41) is 14.1. The second kappa shape index (κ2) is 6.50. The van der Waals surface area contributed by atoms with Crippen molar-refractivity contribution in [2.24, 2.45) is 5.92 Å². The predicted octanol–water partition coefficient (Wildman–Crippen LogP) is 3.08. The SMILES string of the molecule is COc1cccc2cc(CNCC3CCC(O)CC3)oc12. The molecule has 0 bridgehead atoms. The molecule has 1 heterocycles. The van der Waals surface area contributed by atoms with Gasteiger partial charge in [-0.25, -0.2) is 0 Å². The highest BCUT2D eigenvalue weighted by molar-refractivity contribution is 5.83. The topological polar surface area (TPSA) is 54.6 Å². The molecule has 0 unspecified atom stereocenters. The van der Waals surface area contributed by atoms with E-state index in [2.05, 4.69) is 11.4 Å². The highest BCUT2D eigenvalue weighted by Gasteiger charge is 2.19. The molecule has 2 N–H and O–H groups in total. The van der Waals surface area contributed by atoms with Gasteiger partial charge in [-0.1, -0.05) is 12.1 Å². The number of aliphatic hydroxyl groups excluding tert-OH is 1. The minimum Gasteiger partial charge on any atom is -0.493 e. The molecule has 21 heavy (non-hydrogen) atoms. The molecule has 0 saturated heterocycles. The predicted molar refractivity (Wildman–Crippen MR) is 82.4 cm³/mol. The number of fused-ring (bicyclic) bond motifs is 1. The van der Waals surface area contributed by atoms with E-state index < -0.39 is 0 Å². The number of para-hydroxylation sites is 1. The molecule has 1 aromatic heterocycles. The van der Waals surface area contributed by atoms with Crippen LogP contribution >= 0.6 is 0 Å². The van der Waals surface area contributed by atoms with Crippen LogP contribution in [0.2, 0.25) is 0 Å². The number of hydrogen-bond donors (Lipinski definition) is 2. The summed E-state index contributed by atoms with van der Waals surface area (Å²) in [7, 11) is 1.66. The van der Waals surface area contributed by atoms with Crippen LogP contribution in [0.1, 0.15) is 31.4 Å². The fraction of sp³-hybridized carbons (Fsp3) is 0.529. The lowest BCUT2D eigenvalue weighted by Gasteiger charge is -2.25. The quantitative estimate of drug-likeness (QED) is 0.888. The van der Waals surface area contributed by atoms with Gasteiger partial charge in [0.05, 0.1) is 19.8 Å². The molecule has 114 valence electrons. The van der Waals surface area contributed by atoms with Gasteiger partial charge in [0.2, 0.25) is 0 Å². The van der Waals surface area contributed by atoms with E-state index in [-0.39, 0.29) is 6.10 Å². The highest BCUT2D eigenvalue weighted by Crippen LogP contribution is 2.28.